The van der Waals surface area contributed by atoms with Crippen LogP contribution < -0.4 is 5.32 Å². The van der Waals surface area contributed by atoms with Gasteiger partial charge in [-0.1, -0.05) is 19.1 Å². The van der Waals surface area contributed by atoms with Gasteiger partial charge >= 0.3 is 0 Å². The van der Waals surface area contributed by atoms with Crippen molar-refractivity contribution in [2.24, 2.45) is 0 Å². The standard InChI is InChI=1S/C12H14FNS/c1-3-14-7-11-8(2)9-5-4-6-10(13)12(9)15-11/h4-6,14H,3,7H2,1-2H3. The van der Waals surface area contributed by atoms with E-state index >= 15 is 0 Å². The highest BCUT2D eigenvalue weighted by molar-refractivity contribution is 7.19. The summed E-state index contributed by atoms with van der Waals surface area (Å²) < 4.78 is 14.3. The number of hydrogen-bond acceptors (Lipinski definition) is 2. The lowest BCUT2D eigenvalue weighted by Gasteiger charge is -1.99. The van der Waals surface area contributed by atoms with E-state index in [-0.39, 0.29) is 5.82 Å². The van der Waals surface area contributed by atoms with Crippen LogP contribution in [-0.2, 0) is 6.54 Å². The van der Waals surface area contributed by atoms with Crippen LogP contribution in [0.15, 0.2) is 18.2 Å². The summed E-state index contributed by atoms with van der Waals surface area (Å²) >= 11 is 1.55. The Morgan fingerprint density at radius 1 is 1.40 bits per heavy atom. The van der Waals surface area contributed by atoms with E-state index in [0.29, 0.717) is 0 Å². The van der Waals surface area contributed by atoms with Gasteiger partial charge in [0, 0.05) is 11.4 Å². The topological polar surface area (TPSA) is 12.0 Å². The predicted octanol–water partition coefficient (Wildman–Crippen LogP) is 3.46. The molecule has 0 amide bonds. The fraction of sp³-hybridized carbons (Fsp3) is 0.333. The fourth-order valence-corrected chi connectivity index (χ4v) is 2.85. The molecule has 0 aliphatic rings. The van der Waals surface area contributed by atoms with Crippen molar-refractivity contribution in [2.45, 2.75) is 20.4 Å². The zero-order chi connectivity index (χ0) is 10.8. The molecule has 1 N–H and O–H groups in total. The summed E-state index contributed by atoms with van der Waals surface area (Å²) in [6.07, 6.45) is 0. The number of hydrogen-bond donors (Lipinski definition) is 1. The third-order valence-electron chi connectivity index (χ3n) is 2.55. The van der Waals surface area contributed by atoms with Gasteiger partial charge in [0.05, 0.1) is 4.70 Å². The SMILES string of the molecule is CCNCc1sc2c(F)cccc2c1C. The van der Waals surface area contributed by atoms with Crippen LogP contribution in [0.25, 0.3) is 10.1 Å². The first-order valence-electron chi connectivity index (χ1n) is 5.11. The highest BCUT2D eigenvalue weighted by Crippen LogP contribution is 2.32. The Bertz CT molecular complexity index is 476. The number of nitrogens with one attached hydrogen (secondary N) is 1. The minimum absolute atomic E-state index is 0.108. The minimum Gasteiger partial charge on any atom is -0.312 e. The molecule has 0 bridgehead atoms. The fourth-order valence-electron chi connectivity index (χ4n) is 1.67. The van der Waals surface area contributed by atoms with E-state index in [1.54, 1.807) is 17.4 Å². The van der Waals surface area contributed by atoms with Crippen molar-refractivity contribution in [1.82, 2.24) is 5.32 Å². The Morgan fingerprint density at radius 2 is 2.20 bits per heavy atom. The van der Waals surface area contributed by atoms with Crippen LogP contribution in [0.1, 0.15) is 17.4 Å². The number of benzene rings is 1. The lowest BCUT2D eigenvalue weighted by Crippen LogP contribution is -2.11. The van der Waals surface area contributed by atoms with Crippen molar-refractivity contribution in [3.8, 4) is 0 Å². The number of thiophene rings is 1. The highest BCUT2D eigenvalue weighted by atomic mass is 32.1. The molecular formula is C12H14FNS. The highest BCUT2D eigenvalue weighted by Gasteiger charge is 2.10. The normalized spacial score (nSPS) is 11.1. The molecule has 80 valence electrons. The molecule has 0 fully saturated rings. The van der Waals surface area contributed by atoms with Gasteiger partial charge in [-0.2, -0.15) is 0 Å². The Balaban J connectivity index is 2.49. The molecule has 1 aromatic heterocycles. The first-order chi connectivity index (χ1) is 7.24. The third-order valence-corrected chi connectivity index (χ3v) is 3.87. The monoisotopic (exact) mass is 223 g/mol. The lowest BCUT2D eigenvalue weighted by atomic mass is 10.1. The maximum atomic E-state index is 13.5. The van der Waals surface area contributed by atoms with Crippen LogP contribution in [0.4, 0.5) is 4.39 Å². The van der Waals surface area contributed by atoms with Crippen LogP contribution in [0, 0.1) is 12.7 Å². The van der Waals surface area contributed by atoms with E-state index in [1.807, 2.05) is 6.07 Å². The smallest absolute Gasteiger partial charge is 0.141 e. The average molecular weight is 223 g/mol. The summed E-state index contributed by atoms with van der Waals surface area (Å²) in [5.74, 6) is -0.108. The maximum Gasteiger partial charge on any atom is 0.141 e. The summed E-state index contributed by atoms with van der Waals surface area (Å²) in [5.41, 5.74) is 1.20. The molecule has 1 heterocycles. The zero-order valence-electron chi connectivity index (χ0n) is 8.93. The molecule has 3 heteroatoms. The summed E-state index contributed by atoms with van der Waals surface area (Å²) in [4.78, 5) is 1.23. The van der Waals surface area contributed by atoms with Gasteiger partial charge in [-0.3, -0.25) is 0 Å². The molecule has 0 radical (unpaired) electrons. The van der Waals surface area contributed by atoms with Gasteiger partial charge in [0.15, 0.2) is 0 Å². The van der Waals surface area contributed by atoms with Gasteiger partial charge in [-0.05, 0) is 30.5 Å². The number of aryl methyl sites for hydroxylation is 1. The van der Waals surface area contributed by atoms with E-state index in [0.717, 1.165) is 23.2 Å². The summed E-state index contributed by atoms with van der Waals surface area (Å²) in [6, 6.07) is 5.28. The van der Waals surface area contributed by atoms with Crippen LogP contribution >= 0.6 is 11.3 Å². The Morgan fingerprint density at radius 3 is 2.87 bits per heavy atom. The largest absolute Gasteiger partial charge is 0.312 e. The summed E-state index contributed by atoms with van der Waals surface area (Å²) in [6.45, 7) is 5.91. The van der Waals surface area contributed by atoms with Gasteiger partial charge in [-0.15, -0.1) is 11.3 Å². The zero-order valence-corrected chi connectivity index (χ0v) is 9.75. The number of rotatable bonds is 3. The van der Waals surface area contributed by atoms with Crippen molar-refractivity contribution in [1.29, 1.82) is 0 Å². The van der Waals surface area contributed by atoms with Crippen molar-refractivity contribution in [3.05, 3.63) is 34.5 Å². The molecule has 1 aromatic carbocycles. The molecule has 0 spiro atoms. The Labute approximate surface area is 92.9 Å². The quantitative estimate of drug-likeness (QED) is 0.840. The molecule has 0 aliphatic heterocycles. The predicted molar refractivity (Wildman–Crippen MR) is 63.9 cm³/mol. The summed E-state index contributed by atoms with van der Waals surface area (Å²) in [7, 11) is 0. The second-order valence-electron chi connectivity index (χ2n) is 3.55. The first-order valence-corrected chi connectivity index (χ1v) is 5.93. The molecule has 15 heavy (non-hydrogen) atoms. The second kappa shape index (κ2) is 4.29. The molecule has 0 unspecified atom stereocenters. The molecule has 2 aromatic rings. The van der Waals surface area contributed by atoms with E-state index in [4.69, 9.17) is 0 Å². The van der Waals surface area contributed by atoms with Crippen molar-refractivity contribution < 1.29 is 4.39 Å². The van der Waals surface area contributed by atoms with Crippen LogP contribution in [0.2, 0.25) is 0 Å². The maximum absolute atomic E-state index is 13.5. The van der Waals surface area contributed by atoms with E-state index in [9.17, 15) is 4.39 Å². The van der Waals surface area contributed by atoms with Gasteiger partial charge in [0.1, 0.15) is 5.82 Å². The van der Waals surface area contributed by atoms with Gasteiger partial charge in [0.2, 0.25) is 0 Å². The van der Waals surface area contributed by atoms with Crippen molar-refractivity contribution in [2.75, 3.05) is 6.54 Å². The first kappa shape index (κ1) is 10.6. The van der Waals surface area contributed by atoms with Gasteiger partial charge in [0.25, 0.3) is 0 Å². The number of fused-ring (bicyclic) bond motifs is 1. The Kier molecular flexibility index (Phi) is 3.03. The van der Waals surface area contributed by atoms with Gasteiger partial charge in [-0.25, -0.2) is 4.39 Å². The minimum atomic E-state index is -0.108. The van der Waals surface area contributed by atoms with E-state index in [1.165, 1.54) is 16.5 Å². The number of halogens is 1. The van der Waals surface area contributed by atoms with Crippen molar-refractivity contribution >= 4 is 21.4 Å². The van der Waals surface area contributed by atoms with Crippen LogP contribution in [0.3, 0.4) is 0 Å². The molecule has 0 atom stereocenters. The Hall–Kier alpha value is -0.930. The molecule has 2 rings (SSSR count). The molecular weight excluding hydrogens is 209 g/mol. The van der Waals surface area contributed by atoms with E-state index < -0.39 is 0 Å². The molecule has 0 saturated carbocycles. The second-order valence-corrected chi connectivity index (χ2v) is 4.65. The third kappa shape index (κ3) is 1.90. The van der Waals surface area contributed by atoms with Crippen LogP contribution in [0.5, 0.6) is 0 Å². The molecule has 1 nitrogen and oxygen atoms in total. The summed E-state index contributed by atoms with van der Waals surface area (Å²) in [5, 5.41) is 4.32. The van der Waals surface area contributed by atoms with Crippen LogP contribution in [-0.4, -0.2) is 6.54 Å². The van der Waals surface area contributed by atoms with Gasteiger partial charge < -0.3 is 5.32 Å². The van der Waals surface area contributed by atoms with Crippen molar-refractivity contribution in [3.63, 3.8) is 0 Å². The van der Waals surface area contributed by atoms with E-state index in [2.05, 4.69) is 19.2 Å². The molecule has 0 aliphatic carbocycles. The average Bonchev–Trinajstić information content (AvgIpc) is 2.55. The lowest BCUT2D eigenvalue weighted by molar-refractivity contribution is 0.641. The molecule has 0 saturated heterocycles.